The van der Waals surface area contributed by atoms with Crippen molar-refractivity contribution in [2.75, 3.05) is 13.1 Å². The molecule has 0 aliphatic carbocycles. The van der Waals surface area contributed by atoms with Crippen LogP contribution in [0.4, 0.5) is 0 Å². The molecule has 1 aliphatic heterocycles. The van der Waals surface area contributed by atoms with E-state index < -0.39 is 5.97 Å². The minimum absolute atomic E-state index is 0.445. The zero-order chi connectivity index (χ0) is 13.2. The molecule has 1 aromatic rings. The third kappa shape index (κ3) is 3.56. The van der Waals surface area contributed by atoms with Gasteiger partial charge in [0.25, 0.3) is 0 Å². The summed E-state index contributed by atoms with van der Waals surface area (Å²) in [6, 6.07) is 3.66. The Hall–Kier alpha value is -0.870. The lowest BCUT2D eigenvalue weighted by Gasteiger charge is -2.22. The van der Waals surface area contributed by atoms with Gasteiger partial charge in [-0.2, -0.15) is 0 Å². The highest BCUT2D eigenvalue weighted by molar-refractivity contribution is 7.13. The van der Waals surface area contributed by atoms with E-state index in [1.165, 1.54) is 30.6 Å². The number of carbonyl (C=O) groups is 1. The molecule has 1 aromatic heterocycles. The molecule has 0 spiro atoms. The Morgan fingerprint density at radius 1 is 1.39 bits per heavy atom. The van der Waals surface area contributed by atoms with Crippen LogP contribution in [0.5, 0.6) is 0 Å². The molecule has 2 heterocycles. The Kier molecular flexibility index (Phi) is 4.07. The minimum atomic E-state index is -0.816. The van der Waals surface area contributed by atoms with Crippen LogP contribution in [0.3, 0.4) is 0 Å². The third-order valence-corrected chi connectivity index (χ3v) is 4.74. The van der Waals surface area contributed by atoms with Crippen LogP contribution in [-0.2, 0) is 6.54 Å². The Bertz CT molecular complexity index is 425. The molecule has 2 rings (SSSR count). The maximum absolute atomic E-state index is 10.8. The first kappa shape index (κ1) is 13.6. The van der Waals surface area contributed by atoms with Gasteiger partial charge in [0.05, 0.1) is 0 Å². The monoisotopic (exact) mass is 267 g/mol. The maximum atomic E-state index is 10.8. The number of rotatable bonds is 3. The summed E-state index contributed by atoms with van der Waals surface area (Å²) in [5.41, 5.74) is 0.455. The van der Waals surface area contributed by atoms with Gasteiger partial charge >= 0.3 is 5.97 Å². The highest BCUT2D eigenvalue weighted by Crippen LogP contribution is 2.30. The average Bonchev–Trinajstić information content (AvgIpc) is 2.67. The topological polar surface area (TPSA) is 40.5 Å². The summed E-state index contributed by atoms with van der Waals surface area (Å²) in [6.07, 6.45) is 3.75. The third-order valence-electron chi connectivity index (χ3n) is 3.68. The molecule has 0 radical (unpaired) electrons. The smallest absolute Gasteiger partial charge is 0.345 e. The number of carboxylic acids is 1. The molecule has 1 saturated heterocycles. The maximum Gasteiger partial charge on any atom is 0.345 e. The summed E-state index contributed by atoms with van der Waals surface area (Å²) in [6.45, 7) is 7.82. The largest absolute Gasteiger partial charge is 0.477 e. The molecule has 0 saturated carbocycles. The van der Waals surface area contributed by atoms with Crippen molar-refractivity contribution in [2.45, 2.75) is 39.7 Å². The van der Waals surface area contributed by atoms with Gasteiger partial charge in [0.1, 0.15) is 4.88 Å². The van der Waals surface area contributed by atoms with Gasteiger partial charge in [-0.1, -0.05) is 13.8 Å². The Morgan fingerprint density at radius 2 is 2.17 bits per heavy atom. The summed E-state index contributed by atoms with van der Waals surface area (Å²) < 4.78 is 0. The quantitative estimate of drug-likeness (QED) is 0.911. The Labute approximate surface area is 112 Å². The number of aromatic carboxylic acids is 1. The molecule has 0 amide bonds. The first-order valence-corrected chi connectivity index (χ1v) is 7.32. The second-order valence-corrected chi connectivity index (χ2v) is 7.03. The van der Waals surface area contributed by atoms with Gasteiger partial charge < -0.3 is 5.11 Å². The number of hydrogen-bond donors (Lipinski definition) is 1. The van der Waals surface area contributed by atoms with E-state index in [0.29, 0.717) is 10.3 Å². The molecule has 1 fully saturated rings. The van der Waals surface area contributed by atoms with Crippen molar-refractivity contribution < 1.29 is 9.90 Å². The van der Waals surface area contributed by atoms with Crippen LogP contribution in [0.25, 0.3) is 0 Å². The van der Waals surface area contributed by atoms with E-state index in [1.54, 1.807) is 6.07 Å². The van der Waals surface area contributed by atoms with Crippen molar-refractivity contribution in [2.24, 2.45) is 5.41 Å². The van der Waals surface area contributed by atoms with E-state index in [4.69, 9.17) is 5.11 Å². The number of nitrogens with zero attached hydrogens (tertiary/aromatic N) is 1. The van der Waals surface area contributed by atoms with E-state index in [9.17, 15) is 4.79 Å². The molecule has 0 unspecified atom stereocenters. The molecule has 0 aromatic carbocycles. The van der Waals surface area contributed by atoms with Gasteiger partial charge in [0.2, 0.25) is 0 Å². The van der Waals surface area contributed by atoms with E-state index in [-0.39, 0.29) is 0 Å². The van der Waals surface area contributed by atoms with Crippen molar-refractivity contribution in [1.29, 1.82) is 0 Å². The molecular weight excluding hydrogens is 246 g/mol. The molecule has 1 aliphatic rings. The van der Waals surface area contributed by atoms with Crippen LogP contribution in [0.1, 0.15) is 47.7 Å². The molecule has 100 valence electrons. The van der Waals surface area contributed by atoms with Crippen molar-refractivity contribution in [1.82, 2.24) is 4.90 Å². The van der Waals surface area contributed by atoms with Crippen LogP contribution in [-0.4, -0.2) is 29.1 Å². The number of thiophene rings is 1. The first-order chi connectivity index (χ1) is 8.46. The minimum Gasteiger partial charge on any atom is -0.477 e. The van der Waals surface area contributed by atoms with Gasteiger partial charge in [-0.05, 0) is 49.9 Å². The molecule has 4 heteroatoms. The van der Waals surface area contributed by atoms with Crippen molar-refractivity contribution >= 4 is 17.3 Å². The van der Waals surface area contributed by atoms with Gasteiger partial charge in [-0.15, -0.1) is 11.3 Å². The predicted octanol–water partition coefficient (Wildman–Crippen LogP) is 3.46. The predicted molar refractivity (Wildman–Crippen MR) is 74.2 cm³/mol. The lowest BCUT2D eigenvalue weighted by molar-refractivity contribution is 0.0702. The lowest BCUT2D eigenvalue weighted by atomic mass is 9.85. The molecule has 0 atom stereocenters. The summed E-state index contributed by atoms with van der Waals surface area (Å²) in [5, 5.41) is 8.91. The fourth-order valence-electron chi connectivity index (χ4n) is 2.44. The molecule has 3 nitrogen and oxygen atoms in total. The fraction of sp³-hybridized carbons (Fsp3) is 0.643. The van der Waals surface area contributed by atoms with Gasteiger partial charge in [-0.25, -0.2) is 4.79 Å². The van der Waals surface area contributed by atoms with E-state index in [2.05, 4.69) is 18.7 Å². The zero-order valence-electron chi connectivity index (χ0n) is 11.1. The summed E-state index contributed by atoms with van der Waals surface area (Å²) in [7, 11) is 0. The second kappa shape index (κ2) is 5.41. The van der Waals surface area contributed by atoms with Crippen LogP contribution < -0.4 is 0 Å². The van der Waals surface area contributed by atoms with Gasteiger partial charge in [-0.3, -0.25) is 4.90 Å². The average molecular weight is 267 g/mol. The van der Waals surface area contributed by atoms with Crippen LogP contribution in [0, 0.1) is 5.41 Å². The normalized spacial score (nSPS) is 20.6. The van der Waals surface area contributed by atoms with Crippen molar-refractivity contribution in [3.8, 4) is 0 Å². The molecule has 18 heavy (non-hydrogen) atoms. The van der Waals surface area contributed by atoms with Crippen LogP contribution in [0.15, 0.2) is 12.1 Å². The Balaban J connectivity index is 1.94. The Morgan fingerprint density at radius 3 is 2.83 bits per heavy atom. The van der Waals surface area contributed by atoms with Crippen molar-refractivity contribution in [3.05, 3.63) is 21.9 Å². The zero-order valence-corrected chi connectivity index (χ0v) is 11.9. The van der Waals surface area contributed by atoms with E-state index in [1.807, 2.05) is 6.07 Å². The highest BCUT2D eigenvalue weighted by atomic mass is 32.1. The molecule has 0 bridgehead atoms. The molecule has 1 N–H and O–H groups in total. The summed E-state index contributed by atoms with van der Waals surface area (Å²) >= 11 is 1.40. The number of hydrogen-bond acceptors (Lipinski definition) is 3. The SMILES string of the molecule is CC1(C)CCCN(Cc2ccc(C(=O)O)s2)CC1. The fourth-order valence-corrected chi connectivity index (χ4v) is 3.32. The van der Waals surface area contributed by atoms with E-state index in [0.717, 1.165) is 24.5 Å². The van der Waals surface area contributed by atoms with Gasteiger partial charge in [0, 0.05) is 11.4 Å². The molecular formula is C14H21NO2S. The number of likely N-dealkylation sites (tertiary alicyclic amines) is 1. The number of carboxylic acid groups (broad SMARTS) is 1. The van der Waals surface area contributed by atoms with Crippen LogP contribution in [0.2, 0.25) is 0 Å². The van der Waals surface area contributed by atoms with Gasteiger partial charge in [0.15, 0.2) is 0 Å². The second-order valence-electron chi connectivity index (χ2n) is 5.87. The summed E-state index contributed by atoms with van der Waals surface area (Å²) in [4.78, 5) is 14.9. The standard InChI is InChI=1S/C14H21NO2S/c1-14(2)6-3-8-15(9-7-14)10-11-4-5-12(18-11)13(16)17/h4-5H,3,6-10H2,1-2H3,(H,16,17). The van der Waals surface area contributed by atoms with E-state index >= 15 is 0 Å². The summed E-state index contributed by atoms with van der Waals surface area (Å²) in [5.74, 6) is -0.816. The lowest BCUT2D eigenvalue weighted by Crippen LogP contribution is -2.24. The first-order valence-electron chi connectivity index (χ1n) is 6.51. The highest BCUT2D eigenvalue weighted by Gasteiger charge is 2.23. The van der Waals surface area contributed by atoms with Crippen molar-refractivity contribution in [3.63, 3.8) is 0 Å². The van der Waals surface area contributed by atoms with Crippen LogP contribution >= 0.6 is 11.3 Å².